The molecule has 2 rings (SSSR count). The first-order valence-corrected chi connectivity index (χ1v) is 8.77. The van der Waals surface area contributed by atoms with Gasteiger partial charge in [-0.2, -0.15) is 0 Å². The Bertz CT molecular complexity index is 783. The summed E-state index contributed by atoms with van der Waals surface area (Å²) in [6, 6.07) is 5.31. The number of carbonyl (C=O) groups is 2. The van der Waals surface area contributed by atoms with Crippen molar-refractivity contribution in [1.82, 2.24) is 9.80 Å². The van der Waals surface area contributed by atoms with Crippen molar-refractivity contribution in [3.8, 4) is 11.5 Å². The quantitative estimate of drug-likeness (QED) is 0.544. The Hall–Kier alpha value is -2.83. The molecule has 3 amide bonds. The number of nitrogens with zero attached hydrogens (tertiary/aromatic N) is 3. The third-order valence-electron chi connectivity index (χ3n) is 4.71. The fourth-order valence-electron chi connectivity index (χ4n) is 3.11. The van der Waals surface area contributed by atoms with Gasteiger partial charge in [0.2, 0.25) is 0 Å². The monoisotopic (exact) mass is 373 g/mol. The van der Waals surface area contributed by atoms with Crippen molar-refractivity contribution in [3.05, 3.63) is 35.5 Å². The van der Waals surface area contributed by atoms with Gasteiger partial charge in [-0.25, -0.2) is 9.69 Å². The molecule has 146 valence electrons. The minimum absolute atomic E-state index is 0.257. The lowest BCUT2D eigenvalue weighted by Gasteiger charge is -2.27. The van der Waals surface area contributed by atoms with E-state index in [1.165, 1.54) is 11.1 Å². The van der Waals surface area contributed by atoms with Gasteiger partial charge in [-0.1, -0.05) is 12.1 Å². The molecule has 7 nitrogen and oxygen atoms in total. The van der Waals surface area contributed by atoms with Crippen LogP contribution >= 0.6 is 0 Å². The molecule has 1 aromatic rings. The predicted molar refractivity (Wildman–Crippen MR) is 104 cm³/mol. The molecule has 27 heavy (non-hydrogen) atoms. The molecule has 0 unspecified atom stereocenters. The number of allylic oxidation sites excluding steroid dienone is 2. The van der Waals surface area contributed by atoms with Gasteiger partial charge in [0.15, 0.2) is 11.5 Å². The summed E-state index contributed by atoms with van der Waals surface area (Å²) in [4.78, 5) is 32.5. The van der Waals surface area contributed by atoms with Crippen molar-refractivity contribution < 1.29 is 19.1 Å². The summed E-state index contributed by atoms with van der Waals surface area (Å²) in [5.41, 5.74) is 0.543. The SMILES string of the molecule is C/C=C(\C=NC)N1C(=O)N(CCc2ccc(OC)c(OC)c2)C(C)(C)C1=O. The highest BCUT2D eigenvalue weighted by Crippen LogP contribution is 2.31. The van der Waals surface area contributed by atoms with Crippen molar-refractivity contribution in [2.75, 3.05) is 27.8 Å². The molecule has 1 aliphatic heterocycles. The zero-order valence-corrected chi connectivity index (χ0v) is 16.8. The number of hydrogen-bond donors (Lipinski definition) is 0. The van der Waals surface area contributed by atoms with Crippen LogP contribution in [0.25, 0.3) is 0 Å². The topological polar surface area (TPSA) is 71.4 Å². The van der Waals surface area contributed by atoms with Crippen LogP contribution in [0, 0.1) is 0 Å². The maximum Gasteiger partial charge on any atom is 0.332 e. The number of imide groups is 1. The Morgan fingerprint density at radius 1 is 1.19 bits per heavy atom. The van der Waals surface area contributed by atoms with Crippen molar-refractivity contribution in [3.63, 3.8) is 0 Å². The maximum atomic E-state index is 12.9. The molecule has 0 spiro atoms. The van der Waals surface area contributed by atoms with Gasteiger partial charge in [0, 0.05) is 19.8 Å². The number of carbonyl (C=O) groups excluding carboxylic acids is 2. The van der Waals surface area contributed by atoms with E-state index in [0.29, 0.717) is 30.2 Å². The van der Waals surface area contributed by atoms with Gasteiger partial charge >= 0.3 is 6.03 Å². The molecule has 0 aliphatic carbocycles. The zero-order chi connectivity index (χ0) is 20.2. The predicted octanol–water partition coefficient (Wildman–Crippen LogP) is 2.89. The van der Waals surface area contributed by atoms with Crippen LogP contribution in [0.4, 0.5) is 4.79 Å². The van der Waals surface area contributed by atoms with Gasteiger partial charge in [0.05, 0.1) is 19.9 Å². The van der Waals surface area contributed by atoms with E-state index in [1.807, 2.05) is 18.2 Å². The van der Waals surface area contributed by atoms with Crippen LogP contribution in [0.5, 0.6) is 11.5 Å². The van der Waals surface area contributed by atoms with Gasteiger partial charge in [0.1, 0.15) is 5.54 Å². The Morgan fingerprint density at radius 2 is 1.85 bits per heavy atom. The molecule has 0 bridgehead atoms. The number of benzene rings is 1. The van der Waals surface area contributed by atoms with Gasteiger partial charge in [-0.05, 0) is 44.9 Å². The summed E-state index contributed by atoms with van der Waals surface area (Å²) >= 11 is 0. The molecule has 1 aromatic carbocycles. The first-order valence-electron chi connectivity index (χ1n) is 8.77. The highest BCUT2D eigenvalue weighted by Gasteiger charge is 2.51. The third kappa shape index (κ3) is 3.82. The smallest absolute Gasteiger partial charge is 0.332 e. The molecule has 1 saturated heterocycles. The number of urea groups is 1. The van der Waals surface area contributed by atoms with Crippen LogP contribution in [0.3, 0.4) is 0 Å². The van der Waals surface area contributed by atoms with Crippen molar-refractivity contribution >= 4 is 18.2 Å². The number of aliphatic imine (C=N–C) groups is 1. The van der Waals surface area contributed by atoms with E-state index in [4.69, 9.17) is 9.47 Å². The molecule has 1 aliphatic rings. The van der Waals surface area contributed by atoms with E-state index < -0.39 is 5.54 Å². The second kappa shape index (κ2) is 8.24. The van der Waals surface area contributed by atoms with Gasteiger partial charge < -0.3 is 14.4 Å². The third-order valence-corrected chi connectivity index (χ3v) is 4.71. The summed E-state index contributed by atoms with van der Waals surface area (Å²) < 4.78 is 10.6. The van der Waals surface area contributed by atoms with E-state index in [0.717, 1.165) is 5.56 Å². The standard InChI is InChI=1S/C20H27N3O4/c1-7-15(13-21-4)23-18(24)20(2,3)22(19(23)25)11-10-14-8-9-16(26-5)17(12-14)27-6/h7-9,12-13H,10-11H2,1-6H3/b15-7+,21-13?. The van der Waals surface area contributed by atoms with Crippen molar-refractivity contribution in [1.29, 1.82) is 0 Å². The minimum Gasteiger partial charge on any atom is -0.493 e. The van der Waals surface area contributed by atoms with E-state index >= 15 is 0 Å². The number of methoxy groups -OCH3 is 2. The summed E-state index contributed by atoms with van der Waals surface area (Å²) in [6.45, 7) is 5.71. The number of amides is 3. The summed E-state index contributed by atoms with van der Waals surface area (Å²) in [6.07, 6.45) is 3.81. The zero-order valence-electron chi connectivity index (χ0n) is 16.8. The van der Waals surface area contributed by atoms with E-state index in [-0.39, 0.29) is 11.9 Å². The molecule has 0 aromatic heterocycles. The number of rotatable bonds is 7. The Morgan fingerprint density at radius 3 is 2.41 bits per heavy atom. The highest BCUT2D eigenvalue weighted by molar-refractivity contribution is 6.11. The molecule has 1 fully saturated rings. The first-order chi connectivity index (χ1) is 12.8. The molecule has 7 heteroatoms. The average molecular weight is 373 g/mol. The van der Waals surface area contributed by atoms with Crippen LogP contribution in [-0.4, -0.2) is 61.3 Å². The summed E-state index contributed by atoms with van der Waals surface area (Å²) in [5, 5.41) is 0. The molecular weight excluding hydrogens is 346 g/mol. The maximum absolute atomic E-state index is 12.9. The van der Waals surface area contributed by atoms with Crippen LogP contribution in [0.2, 0.25) is 0 Å². The van der Waals surface area contributed by atoms with Crippen LogP contribution in [0.1, 0.15) is 26.3 Å². The van der Waals surface area contributed by atoms with Crippen LogP contribution < -0.4 is 9.47 Å². The van der Waals surface area contributed by atoms with Crippen LogP contribution in [0.15, 0.2) is 35.0 Å². The molecule has 1 heterocycles. The fraction of sp³-hybridized carbons (Fsp3) is 0.450. The highest BCUT2D eigenvalue weighted by atomic mass is 16.5. The van der Waals surface area contributed by atoms with Gasteiger partial charge in [-0.15, -0.1) is 0 Å². The molecular formula is C20H27N3O4. The first kappa shape index (κ1) is 20.5. The molecule has 0 atom stereocenters. The largest absolute Gasteiger partial charge is 0.493 e. The molecule has 0 N–H and O–H groups in total. The summed E-state index contributed by atoms with van der Waals surface area (Å²) in [7, 11) is 4.77. The summed E-state index contributed by atoms with van der Waals surface area (Å²) in [5.74, 6) is 1.03. The van der Waals surface area contributed by atoms with Crippen molar-refractivity contribution in [2.45, 2.75) is 32.7 Å². The lowest BCUT2D eigenvalue weighted by molar-refractivity contribution is -0.130. The second-order valence-electron chi connectivity index (χ2n) is 6.67. The van der Waals surface area contributed by atoms with E-state index in [9.17, 15) is 9.59 Å². The fourth-order valence-corrected chi connectivity index (χ4v) is 3.11. The normalized spacial score (nSPS) is 17.2. The lowest BCUT2D eigenvalue weighted by atomic mass is 10.0. The van der Waals surface area contributed by atoms with Gasteiger partial charge in [0.25, 0.3) is 5.91 Å². The lowest BCUT2D eigenvalue weighted by Crippen LogP contribution is -2.45. The van der Waals surface area contributed by atoms with E-state index in [1.54, 1.807) is 53.0 Å². The Kier molecular flexibility index (Phi) is 6.25. The number of hydrogen-bond acceptors (Lipinski definition) is 5. The Balaban J connectivity index is 2.23. The Labute approximate surface area is 160 Å². The molecule has 0 saturated carbocycles. The van der Waals surface area contributed by atoms with E-state index in [2.05, 4.69) is 4.99 Å². The minimum atomic E-state index is -0.927. The second-order valence-corrected chi connectivity index (χ2v) is 6.67. The average Bonchev–Trinajstić information content (AvgIpc) is 2.82. The van der Waals surface area contributed by atoms with Crippen molar-refractivity contribution in [2.24, 2.45) is 4.99 Å². The van der Waals surface area contributed by atoms with Crippen LogP contribution in [-0.2, 0) is 11.2 Å². The number of ether oxygens (including phenoxy) is 2. The van der Waals surface area contributed by atoms with Gasteiger partial charge in [-0.3, -0.25) is 9.79 Å². The molecule has 0 radical (unpaired) electrons.